The van der Waals surface area contributed by atoms with Gasteiger partial charge in [0, 0.05) is 38.6 Å². The number of nitrogens with zero attached hydrogens (tertiary/aromatic N) is 2. The molecule has 0 unspecified atom stereocenters. The molecule has 2 heteroatoms. The van der Waals surface area contributed by atoms with Gasteiger partial charge in [0.15, 0.2) is 0 Å². The zero-order valence-corrected chi connectivity index (χ0v) is 34.4. The Labute approximate surface area is 362 Å². The molecule has 0 spiro atoms. The van der Waals surface area contributed by atoms with E-state index in [2.05, 4.69) is 253 Å². The standard InChI is InChI=1S/C60H42N2/c1-60(55-28-13-10-24-50(55)51-25-11-14-29-56(51)60)44-19-16-22-47(40-44)61(46-34-31-42(32-35-46)41-17-4-2-5-18-41)58-38-37-48(49-23-8-9-26-52(49)58)43-33-36-54-53-27-12-15-30-57(53)62(59(54)39-43)45-20-6-3-7-21-45/h2-40H,1H3. The number of anilines is 3. The highest BCUT2D eigenvalue weighted by molar-refractivity contribution is 6.12. The number of aromatic nitrogens is 1. The first-order valence-corrected chi connectivity index (χ1v) is 21.5. The minimum absolute atomic E-state index is 0.321. The molecule has 292 valence electrons. The monoisotopic (exact) mass is 790 g/mol. The molecule has 2 nitrogen and oxygen atoms in total. The number of fused-ring (bicyclic) bond motifs is 7. The lowest BCUT2D eigenvalue weighted by Gasteiger charge is -2.32. The summed E-state index contributed by atoms with van der Waals surface area (Å²) in [6.07, 6.45) is 0. The molecule has 0 aliphatic heterocycles. The molecule has 0 radical (unpaired) electrons. The average molecular weight is 791 g/mol. The van der Waals surface area contributed by atoms with E-state index in [0.717, 1.165) is 22.7 Å². The van der Waals surface area contributed by atoms with Crippen LogP contribution < -0.4 is 4.90 Å². The molecule has 0 fully saturated rings. The lowest BCUT2D eigenvalue weighted by Crippen LogP contribution is -2.23. The van der Waals surface area contributed by atoms with Crippen LogP contribution in [0.4, 0.5) is 17.1 Å². The normalized spacial score (nSPS) is 12.7. The summed E-state index contributed by atoms with van der Waals surface area (Å²) in [5, 5.41) is 4.90. The number of rotatable bonds is 7. The molecule has 0 saturated carbocycles. The summed E-state index contributed by atoms with van der Waals surface area (Å²) in [5.74, 6) is 0. The van der Waals surface area contributed by atoms with Crippen molar-refractivity contribution >= 4 is 49.6 Å². The Morgan fingerprint density at radius 2 is 0.935 bits per heavy atom. The molecule has 1 aromatic heterocycles. The Kier molecular flexibility index (Phi) is 8.33. The summed E-state index contributed by atoms with van der Waals surface area (Å²) in [7, 11) is 0. The van der Waals surface area contributed by atoms with Gasteiger partial charge >= 0.3 is 0 Å². The summed E-state index contributed by atoms with van der Waals surface area (Å²) in [6, 6.07) is 86.8. The molecule has 1 aliphatic carbocycles. The highest BCUT2D eigenvalue weighted by Gasteiger charge is 2.40. The quantitative estimate of drug-likeness (QED) is 0.156. The molecule has 10 aromatic carbocycles. The van der Waals surface area contributed by atoms with E-state index in [-0.39, 0.29) is 5.41 Å². The second-order valence-electron chi connectivity index (χ2n) is 16.6. The fourth-order valence-electron chi connectivity index (χ4n) is 10.3. The van der Waals surface area contributed by atoms with E-state index in [1.54, 1.807) is 0 Å². The molecule has 0 amide bonds. The van der Waals surface area contributed by atoms with E-state index in [0.29, 0.717) is 0 Å². The van der Waals surface area contributed by atoms with Gasteiger partial charge in [-0.05, 0) is 117 Å². The molecule has 1 aliphatic rings. The predicted molar refractivity (Wildman–Crippen MR) is 261 cm³/mol. The Morgan fingerprint density at radius 3 is 1.68 bits per heavy atom. The summed E-state index contributed by atoms with van der Waals surface area (Å²) in [6.45, 7) is 2.40. The van der Waals surface area contributed by atoms with Crippen LogP contribution in [0.1, 0.15) is 23.6 Å². The van der Waals surface area contributed by atoms with Crippen LogP contribution >= 0.6 is 0 Å². The van der Waals surface area contributed by atoms with E-state index >= 15 is 0 Å². The van der Waals surface area contributed by atoms with Crippen LogP contribution in [0.3, 0.4) is 0 Å². The zero-order chi connectivity index (χ0) is 41.2. The molecule has 0 bridgehead atoms. The second kappa shape index (κ2) is 14.4. The maximum absolute atomic E-state index is 2.46. The number of para-hydroxylation sites is 2. The van der Waals surface area contributed by atoms with Crippen molar-refractivity contribution in [1.82, 2.24) is 4.57 Å². The Hall–Kier alpha value is -7.94. The van der Waals surface area contributed by atoms with Gasteiger partial charge in [0.1, 0.15) is 0 Å². The van der Waals surface area contributed by atoms with Crippen LogP contribution in [-0.4, -0.2) is 4.57 Å². The highest BCUT2D eigenvalue weighted by Crippen LogP contribution is 2.53. The van der Waals surface area contributed by atoms with Gasteiger partial charge in [-0.3, -0.25) is 0 Å². The summed E-state index contributed by atoms with van der Waals surface area (Å²) >= 11 is 0. The van der Waals surface area contributed by atoms with Crippen molar-refractivity contribution in [3.63, 3.8) is 0 Å². The maximum Gasteiger partial charge on any atom is 0.0547 e. The van der Waals surface area contributed by atoms with Crippen molar-refractivity contribution in [3.05, 3.63) is 253 Å². The predicted octanol–water partition coefficient (Wildman–Crippen LogP) is 16.1. The summed E-state index contributed by atoms with van der Waals surface area (Å²) in [5.41, 5.74) is 18.0. The third-order valence-electron chi connectivity index (χ3n) is 13.3. The van der Waals surface area contributed by atoms with Crippen LogP contribution in [-0.2, 0) is 5.41 Å². The van der Waals surface area contributed by atoms with Crippen molar-refractivity contribution in [2.45, 2.75) is 12.3 Å². The van der Waals surface area contributed by atoms with Crippen LogP contribution in [0.25, 0.3) is 71.6 Å². The van der Waals surface area contributed by atoms with Crippen molar-refractivity contribution in [3.8, 4) is 39.1 Å². The zero-order valence-electron chi connectivity index (χ0n) is 34.4. The fraction of sp³-hybridized carbons (Fsp3) is 0.0333. The largest absolute Gasteiger partial charge is 0.310 e. The molecule has 0 atom stereocenters. The van der Waals surface area contributed by atoms with Gasteiger partial charge in [-0.2, -0.15) is 0 Å². The van der Waals surface area contributed by atoms with Gasteiger partial charge in [0.05, 0.1) is 16.7 Å². The SMILES string of the molecule is CC1(c2cccc(N(c3ccc(-c4ccccc4)cc3)c3ccc(-c4ccc5c6ccccc6n(-c6ccccc6)c5c4)c4ccccc34)c2)c2ccccc2-c2ccccc21. The third kappa shape index (κ3) is 5.57. The van der Waals surface area contributed by atoms with Crippen molar-refractivity contribution in [2.24, 2.45) is 0 Å². The molecule has 62 heavy (non-hydrogen) atoms. The Balaban J connectivity index is 1.05. The lowest BCUT2D eigenvalue weighted by molar-refractivity contribution is 0.714. The Morgan fingerprint density at radius 1 is 0.355 bits per heavy atom. The van der Waals surface area contributed by atoms with E-state index in [1.807, 2.05) is 0 Å². The molecule has 1 heterocycles. The fourth-order valence-corrected chi connectivity index (χ4v) is 10.3. The minimum atomic E-state index is -0.321. The Bertz CT molecular complexity index is 3420. The van der Waals surface area contributed by atoms with Crippen LogP contribution in [0.15, 0.2) is 237 Å². The highest BCUT2D eigenvalue weighted by atomic mass is 15.1. The van der Waals surface area contributed by atoms with Gasteiger partial charge < -0.3 is 9.47 Å². The molecule has 12 rings (SSSR count). The smallest absolute Gasteiger partial charge is 0.0547 e. The first-order valence-electron chi connectivity index (χ1n) is 21.5. The number of benzene rings is 10. The molecular weight excluding hydrogens is 749 g/mol. The van der Waals surface area contributed by atoms with Crippen molar-refractivity contribution in [2.75, 3.05) is 4.90 Å². The van der Waals surface area contributed by atoms with E-state index in [4.69, 9.17) is 0 Å². The first-order chi connectivity index (χ1) is 30.6. The topological polar surface area (TPSA) is 8.17 Å². The lowest BCUT2D eigenvalue weighted by atomic mass is 9.74. The first kappa shape index (κ1) is 36.0. The van der Waals surface area contributed by atoms with Crippen LogP contribution in [0, 0.1) is 0 Å². The number of hydrogen-bond donors (Lipinski definition) is 0. The van der Waals surface area contributed by atoms with E-state index in [1.165, 1.54) is 82.6 Å². The minimum Gasteiger partial charge on any atom is -0.310 e. The van der Waals surface area contributed by atoms with Gasteiger partial charge in [-0.25, -0.2) is 0 Å². The molecular formula is C60H42N2. The van der Waals surface area contributed by atoms with Gasteiger partial charge in [0.25, 0.3) is 0 Å². The summed E-state index contributed by atoms with van der Waals surface area (Å²) < 4.78 is 2.40. The second-order valence-corrected chi connectivity index (χ2v) is 16.6. The molecule has 0 saturated heterocycles. The van der Waals surface area contributed by atoms with Crippen molar-refractivity contribution < 1.29 is 0 Å². The van der Waals surface area contributed by atoms with Gasteiger partial charge in [-0.1, -0.05) is 182 Å². The molecule has 11 aromatic rings. The average Bonchev–Trinajstić information content (AvgIpc) is 3.82. The molecule has 0 N–H and O–H groups in total. The van der Waals surface area contributed by atoms with Gasteiger partial charge in [0.2, 0.25) is 0 Å². The number of hydrogen-bond acceptors (Lipinski definition) is 1. The summed E-state index contributed by atoms with van der Waals surface area (Å²) in [4.78, 5) is 2.46. The van der Waals surface area contributed by atoms with Crippen molar-refractivity contribution in [1.29, 1.82) is 0 Å². The van der Waals surface area contributed by atoms with Crippen LogP contribution in [0.2, 0.25) is 0 Å². The van der Waals surface area contributed by atoms with Crippen LogP contribution in [0.5, 0.6) is 0 Å². The third-order valence-corrected chi connectivity index (χ3v) is 13.3. The van der Waals surface area contributed by atoms with E-state index in [9.17, 15) is 0 Å². The van der Waals surface area contributed by atoms with E-state index < -0.39 is 0 Å². The van der Waals surface area contributed by atoms with Gasteiger partial charge in [-0.15, -0.1) is 0 Å². The maximum atomic E-state index is 2.46.